The van der Waals surface area contributed by atoms with E-state index in [1.165, 1.54) is 6.20 Å². The van der Waals surface area contributed by atoms with Crippen molar-refractivity contribution in [3.05, 3.63) is 29.6 Å². The van der Waals surface area contributed by atoms with E-state index in [9.17, 15) is 4.79 Å². The number of aromatic amines is 1. The Bertz CT molecular complexity index is 529. The summed E-state index contributed by atoms with van der Waals surface area (Å²) >= 11 is 0. The number of fused-ring (bicyclic) bond motifs is 1. The van der Waals surface area contributed by atoms with Gasteiger partial charge in [-0.05, 0) is 24.0 Å². The normalized spacial score (nSPS) is 11.2. The van der Waals surface area contributed by atoms with Crippen molar-refractivity contribution in [2.24, 2.45) is 5.92 Å². The van der Waals surface area contributed by atoms with Gasteiger partial charge < -0.3 is 10.1 Å². The molecule has 2 aromatic heterocycles. The van der Waals surface area contributed by atoms with Crippen LogP contribution in [0.3, 0.4) is 0 Å². The zero-order valence-electron chi connectivity index (χ0n) is 9.32. The second kappa shape index (κ2) is 3.96. The zero-order valence-corrected chi connectivity index (χ0v) is 9.32. The lowest BCUT2D eigenvalue weighted by atomic mass is 10.0. The number of hydrogen-bond acceptors (Lipinski definition) is 2. The van der Waals surface area contributed by atoms with E-state index in [0.717, 1.165) is 23.0 Å². The molecule has 4 heteroatoms. The molecule has 0 saturated heterocycles. The average Bonchev–Trinajstić information content (AvgIpc) is 2.60. The molecule has 0 spiro atoms. The van der Waals surface area contributed by atoms with Crippen LogP contribution in [0.4, 0.5) is 0 Å². The molecule has 0 saturated carbocycles. The first kappa shape index (κ1) is 10.7. The molecule has 16 heavy (non-hydrogen) atoms. The van der Waals surface area contributed by atoms with Crippen molar-refractivity contribution in [3.63, 3.8) is 0 Å². The van der Waals surface area contributed by atoms with E-state index in [0.29, 0.717) is 5.92 Å². The van der Waals surface area contributed by atoms with Gasteiger partial charge in [-0.2, -0.15) is 0 Å². The maximum atomic E-state index is 10.8. The van der Waals surface area contributed by atoms with Crippen LogP contribution in [0.25, 0.3) is 11.0 Å². The lowest BCUT2D eigenvalue weighted by Gasteiger charge is -2.02. The minimum absolute atomic E-state index is 0.233. The highest BCUT2D eigenvalue weighted by atomic mass is 16.4. The molecule has 0 amide bonds. The Balaban J connectivity index is 2.51. The Morgan fingerprint density at radius 1 is 1.56 bits per heavy atom. The Kier molecular flexibility index (Phi) is 2.64. The largest absolute Gasteiger partial charge is 0.478 e. The van der Waals surface area contributed by atoms with Crippen LogP contribution >= 0.6 is 0 Å². The second-order valence-corrected chi connectivity index (χ2v) is 4.34. The van der Waals surface area contributed by atoms with Crippen molar-refractivity contribution < 1.29 is 9.90 Å². The number of pyridine rings is 1. The predicted molar refractivity (Wildman–Crippen MR) is 61.6 cm³/mol. The molecule has 0 radical (unpaired) electrons. The molecule has 2 rings (SSSR count). The van der Waals surface area contributed by atoms with E-state index in [-0.39, 0.29) is 5.56 Å². The number of hydrogen-bond donors (Lipinski definition) is 2. The third kappa shape index (κ3) is 1.91. The molecular formula is C12H14N2O2. The third-order valence-electron chi connectivity index (χ3n) is 2.49. The standard InChI is InChI=1S/C12H14N2O2/c1-7(2)3-8-5-13-11-10(8)4-9(6-14-11)12(15)16/h4-7H,3H2,1-2H3,(H,13,14)(H,15,16). The van der Waals surface area contributed by atoms with Gasteiger partial charge in [0.25, 0.3) is 0 Å². The topological polar surface area (TPSA) is 66.0 Å². The van der Waals surface area contributed by atoms with E-state index in [1.54, 1.807) is 6.07 Å². The average molecular weight is 218 g/mol. The van der Waals surface area contributed by atoms with Gasteiger partial charge in [-0.25, -0.2) is 9.78 Å². The van der Waals surface area contributed by atoms with Crippen LogP contribution in [0.1, 0.15) is 29.8 Å². The summed E-state index contributed by atoms with van der Waals surface area (Å²) in [6, 6.07) is 1.68. The molecule has 4 nitrogen and oxygen atoms in total. The monoisotopic (exact) mass is 218 g/mol. The number of aromatic carboxylic acids is 1. The highest BCUT2D eigenvalue weighted by Gasteiger charge is 2.10. The summed E-state index contributed by atoms with van der Waals surface area (Å²) in [5.74, 6) is -0.404. The maximum Gasteiger partial charge on any atom is 0.337 e. The van der Waals surface area contributed by atoms with Gasteiger partial charge >= 0.3 is 5.97 Å². The summed E-state index contributed by atoms with van der Waals surface area (Å²) in [6.07, 6.45) is 4.20. The van der Waals surface area contributed by atoms with Crippen molar-refractivity contribution in [2.75, 3.05) is 0 Å². The van der Waals surface area contributed by atoms with Crippen LogP contribution in [0.15, 0.2) is 18.5 Å². The molecular weight excluding hydrogens is 204 g/mol. The van der Waals surface area contributed by atoms with E-state index >= 15 is 0 Å². The van der Waals surface area contributed by atoms with E-state index in [2.05, 4.69) is 23.8 Å². The van der Waals surface area contributed by atoms with Gasteiger partial charge in [-0.3, -0.25) is 0 Å². The van der Waals surface area contributed by atoms with Crippen molar-refractivity contribution in [3.8, 4) is 0 Å². The number of carboxylic acid groups (broad SMARTS) is 1. The summed E-state index contributed by atoms with van der Waals surface area (Å²) < 4.78 is 0. The molecule has 2 heterocycles. The lowest BCUT2D eigenvalue weighted by Crippen LogP contribution is -1.98. The number of aromatic nitrogens is 2. The van der Waals surface area contributed by atoms with Crippen LogP contribution in [-0.2, 0) is 6.42 Å². The molecule has 0 unspecified atom stereocenters. The fraction of sp³-hybridized carbons (Fsp3) is 0.333. The number of carboxylic acids is 1. The van der Waals surface area contributed by atoms with Gasteiger partial charge in [-0.1, -0.05) is 13.8 Å². The van der Waals surface area contributed by atoms with E-state index in [1.807, 2.05) is 6.20 Å². The number of rotatable bonds is 3. The summed E-state index contributed by atoms with van der Waals surface area (Å²) in [5, 5.41) is 9.82. The summed E-state index contributed by atoms with van der Waals surface area (Å²) in [7, 11) is 0. The predicted octanol–water partition coefficient (Wildman–Crippen LogP) is 2.46. The smallest absolute Gasteiger partial charge is 0.337 e. The molecule has 0 bridgehead atoms. The van der Waals surface area contributed by atoms with Gasteiger partial charge in [0.05, 0.1) is 5.56 Å². The SMILES string of the molecule is CC(C)Cc1c[nH]c2ncc(C(=O)O)cc12. The molecule has 0 aliphatic heterocycles. The molecule has 2 aromatic rings. The van der Waals surface area contributed by atoms with Gasteiger partial charge in [0, 0.05) is 17.8 Å². The summed E-state index contributed by atoms with van der Waals surface area (Å²) in [6.45, 7) is 4.26. The highest BCUT2D eigenvalue weighted by Crippen LogP contribution is 2.20. The fourth-order valence-corrected chi connectivity index (χ4v) is 1.78. The van der Waals surface area contributed by atoms with E-state index in [4.69, 9.17) is 5.11 Å². The number of nitrogens with one attached hydrogen (secondary N) is 1. The van der Waals surface area contributed by atoms with Crippen LogP contribution in [0.5, 0.6) is 0 Å². The van der Waals surface area contributed by atoms with Gasteiger partial charge in [0.2, 0.25) is 0 Å². The first-order chi connectivity index (χ1) is 7.58. The number of H-pyrrole nitrogens is 1. The first-order valence-corrected chi connectivity index (χ1v) is 5.27. The van der Waals surface area contributed by atoms with Crippen molar-refractivity contribution in [2.45, 2.75) is 20.3 Å². The summed E-state index contributed by atoms with van der Waals surface area (Å²) in [5.41, 5.74) is 2.11. The van der Waals surface area contributed by atoms with Gasteiger partial charge in [-0.15, -0.1) is 0 Å². The molecule has 0 atom stereocenters. The zero-order chi connectivity index (χ0) is 11.7. The molecule has 0 aliphatic rings. The lowest BCUT2D eigenvalue weighted by molar-refractivity contribution is 0.0696. The number of carbonyl (C=O) groups is 1. The number of nitrogens with zero attached hydrogens (tertiary/aromatic N) is 1. The van der Waals surface area contributed by atoms with Crippen LogP contribution in [-0.4, -0.2) is 21.0 Å². The fourth-order valence-electron chi connectivity index (χ4n) is 1.78. The van der Waals surface area contributed by atoms with Crippen LogP contribution in [0, 0.1) is 5.92 Å². The Hall–Kier alpha value is -1.84. The highest BCUT2D eigenvalue weighted by molar-refractivity contribution is 5.92. The van der Waals surface area contributed by atoms with Crippen molar-refractivity contribution in [1.82, 2.24) is 9.97 Å². The third-order valence-corrected chi connectivity index (χ3v) is 2.49. The molecule has 84 valence electrons. The van der Waals surface area contributed by atoms with Crippen molar-refractivity contribution >= 4 is 17.0 Å². The van der Waals surface area contributed by atoms with Gasteiger partial charge in [0.15, 0.2) is 0 Å². The Morgan fingerprint density at radius 2 is 2.31 bits per heavy atom. The first-order valence-electron chi connectivity index (χ1n) is 5.27. The van der Waals surface area contributed by atoms with Crippen LogP contribution < -0.4 is 0 Å². The maximum absolute atomic E-state index is 10.8. The molecule has 0 aromatic carbocycles. The van der Waals surface area contributed by atoms with E-state index < -0.39 is 5.97 Å². The molecule has 2 N–H and O–H groups in total. The quantitative estimate of drug-likeness (QED) is 0.831. The van der Waals surface area contributed by atoms with Crippen molar-refractivity contribution in [1.29, 1.82) is 0 Å². The molecule has 0 aliphatic carbocycles. The van der Waals surface area contributed by atoms with Crippen LogP contribution in [0.2, 0.25) is 0 Å². The Morgan fingerprint density at radius 3 is 2.94 bits per heavy atom. The summed E-state index contributed by atoms with van der Waals surface area (Å²) in [4.78, 5) is 18.0. The minimum atomic E-state index is -0.939. The van der Waals surface area contributed by atoms with Gasteiger partial charge in [0.1, 0.15) is 5.65 Å². The second-order valence-electron chi connectivity index (χ2n) is 4.34. The Labute approximate surface area is 93.3 Å². The minimum Gasteiger partial charge on any atom is -0.478 e. The molecule has 0 fully saturated rings.